The van der Waals surface area contributed by atoms with E-state index in [1.165, 1.54) is 4.88 Å². The molecule has 0 fully saturated rings. The van der Waals surface area contributed by atoms with E-state index in [4.69, 9.17) is 0 Å². The van der Waals surface area contributed by atoms with E-state index in [2.05, 4.69) is 14.8 Å². The van der Waals surface area contributed by atoms with Gasteiger partial charge in [-0.3, -0.25) is 4.79 Å². The molecule has 5 nitrogen and oxygen atoms in total. The summed E-state index contributed by atoms with van der Waals surface area (Å²) in [5.41, 5.74) is 3.34. The van der Waals surface area contributed by atoms with E-state index in [9.17, 15) is 4.79 Å². The second-order valence-corrected chi connectivity index (χ2v) is 7.38. The van der Waals surface area contributed by atoms with Crippen LogP contribution < -0.4 is 0 Å². The molecule has 126 valence electrons. The first-order chi connectivity index (χ1) is 12.2. The zero-order valence-corrected chi connectivity index (χ0v) is 15.3. The molecule has 0 N–H and O–H groups in total. The zero-order valence-electron chi connectivity index (χ0n) is 13.6. The summed E-state index contributed by atoms with van der Waals surface area (Å²) in [4.78, 5) is 16.2. The Labute approximate surface area is 153 Å². The van der Waals surface area contributed by atoms with E-state index in [0.717, 1.165) is 28.5 Å². The molecule has 4 aromatic rings. The van der Waals surface area contributed by atoms with E-state index in [-0.39, 0.29) is 5.91 Å². The van der Waals surface area contributed by atoms with Gasteiger partial charge in [-0.2, -0.15) is 8.75 Å². The molecule has 0 aliphatic carbocycles. The van der Waals surface area contributed by atoms with Crippen LogP contribution in [0.2, 0.25) is 0 Å². The molecule has 0 spiro atoms. The fourth-order valence-electron chi connectivity index (χ4n) is 2.74. The smallest absolute Gasteiger partial charge is 0.254 e. The maximum absolute atomic E-state index is 13.2. The average molecular weight is 368 g/mol. The van der Waals surface area contributed by atoms with Gasteiger partial charge in [-0.15, -0.1) is 11.3 Å². The Morgan fingerprint density at radius 3 is 2.76 bits per heavy atom. The van der Waals surface area contributed by atoms with E-state index >= 15 is 0 Å². The lowest BCUT2D eigenvalue weighted by Gasteiger charge is -2.22. The van der Waals surface area contributed by atoms with Crippen LogP contribution in [0.3, 0.4) is 0 Å². The first-order valence-corrected chi connectivity index (χ1v) is 9.46. The summed E-state index contributed by atoms with van der Waals surface area (Å²) in [5.74, 6) is 0.00417. The number of rotatable bonds is 5. The number of carbonyl (C=O) groups is 1. The number of benzene rings is 1. The van der Waals surface area contributed by atoms with E-state index < -0.39 is 0 Å². The highest BCUT2D eigenvalue weighted by atomic mass is 32.1. The van der Waals surface area contributed by atoms with Crippen molar-refractivity contribution in [1.29, 1.82) is 0 Å². The molecule has 3 heterocycles. The SMILES string of the molecule is Cn1cccc1CN(Cc1cccs1)C(=O)c1ccc2nsnc2c1. The predicted octanol–water partition coefficient (Wildman–Crippen LogP) is 3.93. The summed E-state index contributed by atoms with van der Waals surface area (Å²) in [6.45, 7) is 1.16. The molecule has 25 heavy (non-hydrogen) atoms. The molecule has 7 heteroatoms. The van der Waals surface area contributed by atoms with Crippen LogP contribution in [0.25, 0.3) is 11.0 Å². The topological polar surface area (TPSA) is 51.0 Å². The molecule has 0 radical (unpaired) electrons. The third kappa shape index (κ3) is 3.33. The monoisotopic (exact) mass is 368 g/mol. The Kier molecular flexibility index (Phi) is 4.33. The molecule has 0 saturated heterocycles. The molecule has 4 rings (SSSR count). The number of thiophene rings is 1. The molecular weight excluding hydrogens is 352 g/mol. The van der Waals surface area contributed by atoms with Gasteiger partial charge in [-0.05, 0) is 41.8 Å². The van der Waals surface area contributed by atoms with Crippen molar-refractivity contribution in [3.63, 3.8) is 0 Å². The van der Waals surface area contributed by atoms with Crippen molar-refractivity contribution in [2.24, 2.45) is 7.05 Å². The minimum atomic E-state index is 0.00417. The molecule has 0 unspecified atom stereocenters. The van der Waals surface area contributed by atoms with Crippen LogP contribution in [0.5, 0.6) is 0 Å². The Balaban J connectivity index is 1.65. The number of amides is 1. The van der Waals surface area contributed by atoms with Gasteiger partial charge in [0, 0.05) is 29.4 Å². The van der Waals surface area contributed by atoms with Crippen LogP contribution >= 0.6 is 23.1 Å². The van der Waals surface area contributed by atoms with Crippen molar-refractivity contribution in [3.8, 4) is 0 Å². The fraction of sp³-hybridized carbons (Fsp3) is 0.167. The minimum Gasteiger partial charge on any atom is -0.353 e. The summed E-state index contributed by atoms with van der Waals surface area (Å²) in [6, 6.07) is 13.6. The number of fused-ring (bicyclic) bond motifs is 1. The van der Waals surface area contributed by atoms with Gasteiger partial charge >= 0.3 is 0 Å². The van der Waals surface area contributed by atoms with Gasteiger partial charge < -0.3 is 9.47 Å². The molecule has 0 bridgehead atoms. The van der Waals surface area contributed by atoms with E-state index in [1.807, 2.05) is 64.5 Å². The van der Waals surface area contributed by atoms with Crippen molar-refractivity contribution in [3.05, 3.63) is 70.2 Å². The van der Waals surface area contributed by atoms with Crippen LogP contribution in [-0.4, -0.2) is 24.1 Å². The van der Waals surface area contributed by atoms with Crippen LogP contribution in [0.1, 0.15) is 20.9 Å². The number of nitrogens with zero attached hydrogens (tertiary/aromatic N) is 4. The summed E-state index contributed by atoms with van der Waals surface area (Å²) < 4.78 is 10.5. The summed E-state index contributed by atoms with van der Waals surface area (Å²) in [6.07, 6.45) is 2.00. The molecule has 0 saturated carbocycles. The normalized spacial score (nSPS) is 11.1. The first-order valence-electron chi connectivity index (χ1n) is 7.85. The number of hydrogen-bond donors (Lipinski definition) is 0. The van der Waals surface area contributed by atoms with Gasteiger partial charge in [0.2, 0.25) is 0 Å². The Bertz CT molecular complexity index is 1000. The second kappa shape index (κ2) is 6.78. The van der Waals surface area contributed by atoms with Gasteiger partial charge in [0.05, 0.1) is 24.8 Å². The number of aromatic nitrogens is 3. The predicted molar refractivity (Wildman–Crippen MR) is 101 cm³/mol. The Morgan fingerprint density at radius 1 is 1.12 bits per heavy atom. The number of hydrogen-bond acceptors (Lipinski definition) is 5. The lowest BCUT2D eigenvalue weighted by molar-refractivity contribution is 0.0728. The lowest BCUT2D eigenvalue weighted by atomic mass is 10.1. The number of aryl methyl sites for hydroxylation is 1. The quantitative estimate of drug-likeness (QED) is 0.536. The highest BCUT2D eigenvalue weighted by Gasteiger charge is 2.19. The highest BCUT2D eigenvalue weighted by Crippen LogP contribution is 2.20. The third-order valence-corrected chi connectivity index (χ3v) is 5.54. The van der Waals surface area contributed by atoms with E-state index in [0.29, 0.717) is 18.7 Å². The van der Waals surface area contributed by atoms with Gasteiger partial charge in [0.1, 0.15) is 11.0 Å². The minimum absolute atomic E-state index is 0.00417. The molecule has 3 aromatic heterocycles. The number of carbonyl (C=O) groups excluding carboxylic acids is 1. The van der Waals surface area contributed by atoms with Gasteiger partial charge in [0.25, 0.3) is 5.91 Å². The van der Waals surface area contributed by atoms with E-state index in [1.54, 1.807) is 11.3 Å². The Morgan fingerprint density at radius 2 is 2.00 bits per heavy atom. The lowest BCUT2D eigenvalue weighted by Crippen LogP contribution is -2.30. The maximum atomic E-state index is 13.2. The molecule has 0 aliphatic heterocycles. The Hall–Kier alpha value is -2.51. The van der Waals surface area contributed by atoms with Crippen molar-refractivity contribution in [2.45, 2.75) is 13.1 Å². The maximum Gasteiger partial charge on any atom is 0.254 e. The molecule has 0 atom stereocenters. The van der Waals surface area contributed by atoms with Crippen LogP contribution in [0.4, 0.5) is 0 Å². The fourth-order valence-corrected chi connectivity index (χ4v) is 3.98. The summed E-state index contributed by atoms with van der Waals surface area (Å²) in [7, 11) is 2.00. The largest absolute Gasteiger partial charge is 0.353 e. The van der Waals surface area contributed by atoms with Crippen LogP contribution in [-0.2, 0) is 20.1 Å². The highest BCUT2D eigenvalue weighted by molar-refractivity contribution is 7.09. The summed E-state index contributed by atoms with van der Waals surface area (Å²) >= 11 is 2.83. The van der Waals surface area contributed by atoms with Crippen molar-refractivity contribution in [2.75, 3.05) is 0 Å². The first kappa shape index (κ1) is 16.0. The molecule has 1 aromatic carbocycles. The molecule has 0 aliphatic rings. The zero-order chi connectivity index (χ0) is 17.2. The van der Waals surface area contributed by atoms with Crippen LogP contribution in [0, 0.1) is 0 Å². The molecular formula is C18H16N4OS2. The van der Waals surface area contributed by atoms with Gasteiger partial charge in [-0.25, -0.2) is 0 Å². The van der Waals surface area contributed by atoms with Crippen LogP contribution in [0.15, 0.2) is 54.0 Å². The summed E-state index contributed by atoms with van der Waals surface area (Å²) in [5, 5.41) is 2.04. The van der Waals surface area contributed by atoms with Gasteiger partial charge in [-0.1, -0.05) is 6.07 Å². The third-order valence-electron chi connectivity index (χ3n) is 4.12. The standard InChI is InChI=1S/C18H16N4OS2/c1-21-8-2-4-14(21)11-22(12-15-5-3-9-24-15)18(23)13-6-7-16-17(10-13)20-25-19-16/h2-10H,11-12H2,1H3. The average Bonchev–Trinajstić information content (AvgIpc) is 3.36. The van der Waals surface area contributed by atoms with Crippen molar-refractivity contribution in [1.82, 2.24) is 18.2 Å². The molecule has 1 amide bonds. The van der Waals surface area contributed by atoms with Crippen molar-refractivity contribution < 1.29 is 4.79 Å². The van der Waals surface area contributed by atoms with Gasteiger partial charge in [0.15, 0.2) is 0 Å². The second-order valence-electron chi connectivity index (χ2n) is 5.82. The van der Waals surface area contributed by atoms with Crippen molar-refractivity contribution >= 4 is 40.0 Å².